The first-order valence-electron chi connectivity index (χ1n) is 10.9. The van der Waals surface area contributed by atoms with Gasteiger partial charge in [-0.1, -0.05) is 41.9 Å². The Morgan fingerprint density at radius 2 is 2.00 bits per heavy atom. The highest BCUT2D eigenvalue weighted by Crippen LogP contribution is 2.29. The first kappa shape index (κ1) is 22.1. The van der Waals surface area contributed by atoms with E-state index in [9.17, 15) is 4.79 Å². The van der Waals surface area contributed by atoms with Gasteiger partial charge in [-0.25, -0.2) is 0 Å². The van der Waals surface area contributed by atoms with Crippen molar-refractivity contribution in [2.24, 2.45) is 5.92 Å². The SMILES string of the molecule is COc1ccc(Cl)cc1NC(=O)CCC1CCCN(c2ccc(-c3ccccc3)nn2)C1. The number of carbonyl (C=O) groups excluding carboxylic acids is 1. The molecule has 1 aliphatic heterocycles. The summed E-state index contributed by atoms with van der Waals surface area (Å²) in [5.74, 6) is 1.90. The number of carbonyl (C=O) groups is 1. The summed E-state index contributed by atoms with van der Waals surface area (Å²) in [5, 5.41) is 12.4. The molecular weight excluding hydrogens is 424 g/mol. The lowest BCUT2D eigenvalue weighted by molar-refractivity contribution is -0.116. The van der Waals surface area contributed by atoms with E-state index in [1.165, 1.54) is 0 Å². The smallest absolute Gasteiger partial charge is 0.224 e. The fourth-order valence-corrected chi connectivity index (χ4v) is 4.26. The van der Waals surface area contributed by atoms with Crippen LogP contribution in [-0.4, -0.2) is 36.3 Å². The van der Waals surface area contributed by atoms with Crippen molar-refractivity contribution in [2.45, 2.75) is 25.7 Å². The first-order valence-corrected chi connectivity index (χ1v) is 11.3. The molecule has 0 saturated carbocycles. The number of hydrogen-bond donors (Lipinski definition) is 1. The van der Waals surface area contributed by atoms with Gasteiger partial charge < -0.3 is 15.0 Å². The third-order valence-electron chi connectivity index (χ3n) is 5.78. The van der Waals surface area contributed by atoms with Crippen LogP contribution in [0.3, 0.4) is 0 Å². The molecule has 1 amide bonds. The van der Waals surface area contributed by atoms with Crippen molar-refractivity contribution in [3.05, 3.63) is 65.7 Å². The molecule has 1 aromatic heterocycles. The number of nitrogens with zero attached hydrogens (tertiary/aromatic N) is 3. The molecule has 2 aromatic carbocycles. The lowest BCUT2D eigenvalue weighted by Gasteiger charge is -2.33. The van der Waals surface area contributed by atoms with Crippen molar-refractivity contribution < 1.29 is 9.53 Å². The van der Waals surface area contributed by atoms with Crippen molar-refractivity contribution in [3.8, 4) is 17.0 Å². The Balaban J connectivity index is 1.31. The highest BCUT2D eigenvalue weighted by atomic mass is 35.5. The summed E-state index contributed by atoms with van der Waals surface area (Å²) in [6.45, 7) is 1.84. The van der Waals surface area contributed by atoms with Gasteiger partial charge in [-0.15, -0.1) is 10.2 Å². The number of anilines is 2. The highest BCUT2D eigenvalue weighted by Gasteiger charge is 2.22. The Hall–Kier alpha value is -3.12. The van der Waals surface area contributed by atoms with Gasteiger partial charge in [0.25, 0.3) is 0 Å². The maximum atomic E-state index is 12.5. The molecule has 1 aliphatic rings. The zero-order chi connectivity index (χ0) is 22.3. The van der Waals surface area contributed by atoms with Crippen LogP contribution in [0.5, 0.6) is 5.75 Å². The minimum absolute atomic E-state index is 0.0327. The zero-order valence-corrected chi connectivity index (χ0v) is 18.9. The molecule has 1 saturated heterocycles. The summed E-state index contributed by atoms with van der Waals surface area (Å²) < 4.78 is 5.30. The number of hydrogen-bond acceptors (Lipinski definition) is 5. The average Bonchev–Trinajstić information content (AvgIpc) is 2.84. The van der Waals surface area contributed by atoms with Crippen LogP contribution in [0.15, 0.2) is 60.7 Å². The molecule has 166 valence electrons. The van der Waals surface area contributed by atoms with Crippen LogP contribution in [0.1, 0.15) is 25.7 Å². The standard InChI is InChI=1S/C25H27ClN4O2/c1-32-23-12-10-20(26)16-22(23)27-25(31)14-9-18-6-5-15-30(17-18)24-13-11-21(28-29-24)19-7-3-2-4-8-19/h2-4,7-8,10-13,16,18H,5-6,9,14-15,17H2,1H3,(H,27,31). The number of piperidine rings is 1. The van der Waals surface area contributed by atoms with E-state index in [-0.39, 0.29) is 5.91 Å². The topological polar surface area (TPSA) is 67.3 Å². The predicted molar refractivity (Wildman–Crippen MR) is 128 cm³/mol. The minimum Gasteiger partial charge on any atom is -0.495 e. The number of halogens is 1. The summed E-state index contributed by atoms with van der Waals surface area (Å²) in [4.78, 5) is 14.8. The Morgan fingerprint density at radius 1 is 1.16 bits per heavy atom. The number of methoxy groups -OCH3 is 1. The quantitative estimate of drug-likeness (QED) is 0.519. The highest BCUT2D eigenvalue weighted by molar-refractivity contribution is 6.31. The Labute approximate surface area is 193 Å². The van der Waals surface area contributed by atoms with Gasteiger partial charge >= 0.3 is 0 Å². The molecule has 7 heteroatoms. The molecule has 32 heavy (non-hydrogen) atoms. The summed E-state index contributed by atoms with van der Waals surface area (Å²) in [5.41, 5.74) is 2.53. The summed E-state index contributed by atoms with van der Waals surface area (Å²) in [6, 6.07) is 19.3. The largest absolute Gasteiger partial charge is 0.495 e. The van der Waals surface area contributed by atoms with Gasteiger partial charge in [0.15, 0.2) is 5.82 Å². The second-order valence-corrected chi connectivity index (χ2v) is 8.46. The molecular formula is C25H27ClN4O2. The average molecular weight is 451 g/mol. The van der Waals surface area contributed by atoms with Crippen molar-refractivity contribution in [1.29, 1.82) is 0 Å². The van der Waals surface area contributed by atoms with E-state index in [4.69, 9.17) is 16.3 Å². The van der Waals surface area contributed by atoms with Crippen molar-refractivity contribution in [1.82, 2.24) is 10.2 Å². The van der Waals surface area contributed by atoms with Crippen LogP contribution in [0, 0.1) is 5.92 Å². The number of benzene rings is 2. The minimum atomic E-state index is -0.0327. The van der Waals surface area contributed by atoms with Gasteiger partial charge in [0.1, 0.15) is 5.75 Å². The van der Waals surface area contributed by atoms with Crippen LogP contribution >= 0.6 is 11.6 Å². The van der Waals surface area contributed by atoms with Crippen molar-refractivity contribution in [2.75, 3.05) is 30.4 Å². The van der Waals surface area contributed by atoms with Gasteiger partial charge in [-0.2, -0.15) is 0 Å². The van der Waals surface area contributed by atoms with Crippen LogP contribution < -0.4 is 15.0 Å². The van der Waals surface area contributed by atoms with Crippen LogP contribution in [0.4, 0.5) is 11.5 Å². The third kappa shape index (κ3) is 5.56. The number of ether oxygens (including phenoxy) is 1. The Morgan fingerprint density at radius 3 is 2.75 bits per heavy atom. The number of aromatic nitrogens is 2. The molecule has 4 rings (SSSR count). The van der Waals surface area contributed by atoms with Crippen molar-refractivity contribution >= 4 is 29.0 Å². The zero-order valence-electron chi connectivity index (χ0n) is 18.1. The van der Waals surface area contributed by atoms with E-state index >= 15 is 0 Å². The molecule has 0 bridgehead atoms. The number of rotatable bonds is 7. The molecule has 1 N–H and O–H groups in total. The molecule has 0 radical (unpaired) electrons. The fourth-order valence-electron chi connectivity index (χ4n) is 4.09. The first-order chi connectivity index (χ1) is 15.6. The van der Waals surface area contributed by atoms with E-state index in [1.807, 2.05) is 42.5 Å². The molecule has 0 spiro atoms. The lowest BCUT2D eigenvalue weighted by Crippen LogP contribution is -2.36. The van der Waals surface area contributed by atoms with E-state index in [0.29, 0.717) is 28.8 Å². The fraction of sp³-hybridized carbons (Fsp3) is 0.320. The third-order valence-corrected chi connectivity index (χ3v) is 6.01. The second kappa shape index (κ2) is 10.5. The summed E-state index contributed by atoms with van der Waals surface area (Å²) >= 11 is 6.05. The van der Waals surface area contributed by atoms with Gasteiger partial charge in [-0.3, -0.25) is 4.79 Å². The number of amides is 1. The lowest BCUT2D eigenvalue weighted by atomic mass is 9.93. The van der Waals surface area contributed by atoms with Crippen LogP contribution in [0.25, 0.3) is 11.3 Å². The maximum absolute atomic E-state index is 12.5. The second-order valence-electron chi connectivity index (χ2n) is 8.03. The van der Waals surface area contributed by atoms with Gasteiger partial charge in [0, 0.05) is 30.1 Å². The van der Waals surface area contributed by atoms with Crippen LogP contribution in [0.2, 0.25) is 5.02 Å². The van der Waals surface area contributed by atoms with E-state index in [1.54, 1.807) is 25.3 Å². The molecule has 2 heterocycles. The molecule has 0 aliphatic carbocycles. The normalized spacial score (nSPS) is 15.9. The predicted octanol–water partition coefficient (Wildman–Crippen LogP) is 5.44. The summed E-state index contributed by atoms with van der Waals surface area (Å²) in [7, 11) is 1.57. The Kier molecular flexibility index (Phi) is 7.22. The molecule has 1 atom stereocenters. The number of nitrogens with one attached hydrogen (secondary N) is 1. The van der Waals surface area contributed by atoms with Gasteiger partial charge in [0.05, 0.1) is 18.5 Å². The Bertz CT molecular complexity index is 1040. The maximum Gasteiger partial charge on any atom is 0.224 e. The van der Waals surface area contributed by atoms with Crippen LogP contribution in [-0.2, 0) is 4.79 Å². The van der Waals surface area contributed by atoms with Crippen molar-refractivity contribution in [3.63, 3.8) is 0 Å². The van der Waals surface area contributed by atoms with Gasteiger partial charge in [0.2, 0.25) is 5.91 Å². The van der Waals surface area contributed by atoms with E-state index < -0.39 is 0 Å². The summed E-state index contributed by atoms with van der Waals surface area (Å²) in [6.07, 6.45) is 3.46. The molecule has 6 nitrogen and oxygen atoms in total. The molecule has 1 fully saturated rings. The van der Waals surface area contributed by atoms with Gasteiger partial charge in [-0.05, 0) is 55.5 Å². The van der Waals surface area contributed by atoms with E-state index in [2.05, 4.69) is 20.4 Å². The molecule has 1 unspecified atom stereocenters. The molecule has 3 aromatic rings. The monoisotopic (exact) mass is 450 g/mol. The van der Waals surface area contributed by atoms with E-state index in [0.717, 1.165) is 49.4 Å².